The van der Waals surface area contributed by atoms with Gasteiger partial charge in [-0.25, -0.2) is 0 Å². The smallest absolute Gasteiger partial charge is 0.0134 e. The molecular weight excluding hydrogens is 134 g/mol. The average molecular weight is 153 g/mol. The minimum absolute atomic E-state index is 0.628. The SMILES string of the molecule is C/C=C/CNCC1CC1(C)C. The number of allylic oxidation sites excluding steroid dienone is 1. The maximum atomic E-state index is 3.42. The van der Waals surface area contributed by atoms with E-state index in [2.05, 4.69) is 38.2 Å². The fourth-order valence-corrected chi connectivity index (χ4v) is 1.38. The van der Waals surface area contributed by atoms with Crippen LogP contribution >= 0.6 is 0 Å². The molecule has 0 saturated heterocycles. The van der Waals surface area contributed by atoms with Crippen LogP contribution in [0, 0.1) is 11.3 Å². The molecule has 0 bridgehead atoms. The zero-order chi connectivity index (χ0) is 8.32. The summed E-state index contributed by atoms with van der Waals surface area (Å²) >= 11 is 0. The zero-order valence-electron chi connectivity index (χ0n) is 7.85. The Kier molecular flexibility index (Phi) is 2.72. The molecule has 0 aromatic rings. The van der Waals surface area contributed by atoms with Crippen molar-refractivity contribution in [1.29, 1.82) is 0 Å². The van der Waals surface area contributed by atoms with E-state index in [0.29, 0.717) is 5.41 Å². The van der Waals surface area contributed by atoms with Crippen molar-refractivity contribution in [1.82, 2.24) is 5.32 Å². The fraction of sp³-hybridized carbons (Fsp3) is 0.800. The van der Waals surface area contributed by atoms with Gasteiger partial charge in [-0.05, 0) is 31.2 Å². The Hall–Kier alpha value is -0.300. The molecule has 1 aliphatic carbocycles. The van der Waals surface area contributed by atoms with Gasteiger partial charge < -0.3 is 5.32 Å². The first-order valence-corrected chi connectivity index (χ1v) is 4.48. The highest BCUT2D eigenvalue weighted by molar-refractivity contribution is 4.96. The van der Waals surface area contributed by atoms with Gasteiger partial charge in [0.1, 0.15) is 0 Å². The van der Waals surface area contributed by atoms with E-state index in [-0.39, 0.29) is 0 Å². The van der Waals surface area contributed by atoms with Gasteiger partial charge in [-0.2, -0.15) is 0 Å². The summed E-state index contributed by atoms with van der Waals surface area (Å²) < 4.78 is 0. The molecule has 0 aromatic heterocycles. The molecule has 1 heteroatoms. The molecule has 11 heavy (non-hydrogen) atoms. The largest absolute Gasteiger partial charge is 0.313 e. The van der Waals surface area contributed by atoms with Crippen molar-refractivity contribution in [2.75, 3.05) is 13.1 Å². The van der Waals surface area contributed by atoms with Crippen LogP contribution in [-0.4, -0.2) is 13.1 Å². The topological polar surface area (TPSA) is 12.0 Å². The van der Waals surface area contributed by atoms with Gasteiger partial charge in [-0.15, -0.1) is 0 Å². The van der Waals surface area contributed by atoms with Crippen molar-refractivity contribution in [3.63, 3.8) is 0 Å². The highest BCUT2D eigenvalue weighted by Crippen LogP contribution is 2.50. The molecule has 1 N–H and O–H groups in total. The Morgan fingerprint density at radius 2 is 2.18 bits per heavy atom. The molecular formula is C10H19N. The molecule has 1 saturated carbocycles. The predicted octanol–water partition coefficient (Wildman–Crippen LogP) is 2.20. The minimum Gasteiger partial charge on any atom is -0.313 e. The van der Waals surface area contributed by atoms with Crippen LogP contribution in [0.15, 0.2) is 12.2 Å². The summed E-state index contributed by atoms with van der Waals surface area (Å²) in [6.07, 6.45) is 5.65. The summed E-state index contributed by atoms with van der Waals surface area (Å²) in [5, 5.41) is 3.42. The van der Waals surface area contributed by atoms with E-state index in [1.54, 1.807) is 0 Å². The van der Waals surface area contributed by atoms with Crippen molar-refractivity contribution in [2.45, 2.75) is 27.2 Å². The number of rotatable bonds is 4. The summed E-state index contributed by atoms with van der Waals surface area (Å²) in [6, 6.07) is 0. The maximum Gasteiger partial charge on any atom is 0.0134 e. The minimum atomic E-state index is 0.628. The monoisotopic (exact) mass is 153 g/mol. The number of hydrogen-bond donors (Lipinski definition) is 1. The van der Waals surface area contributed by atoms with Crippen molar-refractivity contribution < 1.29 is 0 Å². The lowest BCUT2D eigenvalue weighted by Gasteiger charge is -2.02. The van der Waals surface area contributed by atoms with Gasteiger partial charge in [0.05, 0.1) is 0 Å². The van der Waals surface area contributed by atoms with Crippen LogP contribution in [0.5, 0.6) is 0 Å². The first-order valence-electron chi connectivity index (χ1n) is 4.48. The van der Waals surface area contributed by atoms with E-state index in [0.717, 1.165) is 12.5 Å². The molecule has 0 heterocycles. The maximum absolute atomic E-state index is 3.42. The van der Waals surface area contributed by atoms with Gasteiger partial charge >= 0.3 is 0 Å². The van der Waals surface area contributed by atoms with Crippen LogP contribution in [0.3, 0.4) is 0 Å². The van der Waals surface area contributed by atoms with Crippen molar-refractivity contribution in [3.05, 3.63) is 12.2 Å². The van der Waals surface area contributed by atoms with Gasteiger partial charge in [0.25, 0.3) is 0 Å². The molecule has 0 aromatic carbocycles. The highest BCUT2D eigenvalue weighted by atomic mass is 14.9. The van der Waals surface area contributed by atoms with Crippen LogP contribution in [-0.2, 0) is 0 Å². The van der Waals surface area contributed by atoms with Crippen LogP contribution in [0.25, 0.3) is 0 Å². The Balaban J connectivity index is 1.98. The molecule has 0 amide bonds. The third-order valence-corrected chi connectivity index (χ3v) is 2.61. The zero-order valence-corrected chi connectivity index (χ0v) is 7.85. The Morgan fingerprint density at radius 3 is 2.64 bits per heavy atom. The van der Waals surface area contributed by atoms with E-state index < -0.39 is 0 Å². The third-order valence-electron chi connectivity index (χ3n) is 2.61. The lowest BCUT2D eigenvalue weighted by atomic mass is 10.1. The normalized spacial score (nSPS) is 27.7. The third kappa shape index (κ3) is 2.66. The van der Waals surface area contributed by atoms with E-state index in [4.69, 9.17) is 0 Å². The molecule has 0 radical (unpaired) electrons. The molecule has 1 atom stereocenters. The van der Waals surface area contributed by atoms with Gasteiger partial charge in [-0.3, -0.25) is 0 Å². The van der Waals surface area contributed by atoms with Gasteiger partial charge in [-0.1, -0.05) is 26.0 Å². The molecule has 1 fully saturated rings. The van der Waals surface area contributed by atoms with Crippen molar-refractivity contribution in [3.8, 4) is 0 Å². The summed E-state index contributed by atoms with van der Waals surface area (Å²) in [7, 11) is 0. The lowest BCUT2D eigenvalue weighted by Crippen LogP contribution is -2.18. The summed E-state index contributed by atoms with van der Waals surface area (Å²) in [5.74, 6) is 0.924. The lowest BCUT2D eigenvalue weighted by molar-refractivity contribution is 0.532. The summed E-state index contributed by atoms with van der Waals surface area (Å²) in [4.78, 5) is 0. The van der Waals surface area contributed by atoms with E-state index in [1.165, 1.54) is 13.0 Å². The Labute approximate surface area is 69.9 Å². The average Bonchev–Trinajstić information content (AvgIpc) is 2.52. The predicted molar refractivity (Wildman–Crippen MR) is 49.6 cm³/mol. The van der Waals surface area contributed by atoms with Crippen LogP contribution in [0.2, 0.25) is 0 Å². The van der Waals surface area contributed by atoms with Crippen molar-refractivity contribution in [2.24, 2.45) is 11.3 Å². The standard InChI is InChI=1S/C10H19N/c1-4-5-6-11-8-9-7-10(9,2)3/h4-5,9,11H,6-8H2,1-3H3/b5-4+. The second-order valence-electron chi connectivity index (χ2n) is 4.12. The Morgan fingerprint density at radius 1 is 1.55 bits per heavy atom. The molecule has 1 nitrogen and oxygen atoms in total. The highest BCUT2D eigenvalue weighted by Gasteiger charge is 2.44. The second kappa shape index (κ2) is 3.40. The van der Waals surface area contributed by atoms with Crippen LogP contribution in [0.4, 0.5) is 0 Å². The molecule has 0 spiro atoms. The molecule has 0 aliphatic heterocycles. The Bertz CT molecular complexity index is 147. The second-order valence-corrected chi connectivity index (χ2v) is 4.12. The van der Waals surface area contributed by atoms with Gasteiger partial charge in [0.2, 0.25) is 0 Å². The first kappa shape index (κ1) is 8.79. The van der Waals surface area contributed by atoms with E-state index in [9.17, 15) is 0 Å². The van der Waals surface area contributed by atoms with E-state index >= 15 is 0 Å². The van der Waals surface area contributed by atoms with Gasteiger partial charge in [0, 0.05) is 6.54 Å². The van der Waals surface area contributed by atoms with Crippen molar-refractivity contribution >= 4 is 0 Å². The van der Waals surface area contributed by atoms with Crippen LogP contribution in [0.1, 0.15) is 27.2 Å². The quantitative estimate of drug-likeness (QED) is 0.482. The first-order chi connectivity index (χ1) is 5.17. The number of hydrogen-bond acceptors (Lipinski definition) is 1. The van der Waals surface area contributed by atoms with Gasteiger partial charge in [0.15, 0.2) is 0 Å². The number of nitrogens with one attached hydrogen (secondary N) is 1. The molecule has 64 valence electrons. The summed E-state index contributed by atoms with van der Waals surface area (Å²) in [6.45, 7) is 8.97. The summed E-state index contributed by atoms with van der Waals surface area (Å²) in [5.41, 5.74) is 0.628. The molecule has 1 unspecified atom stereocenters. The fourth-order valence-electron chi connectivity index (χ4n) is 1.38. The molecule has 1 rings (SSSR count). The van der Waals surface area contributed by atoms with E-state index in [1.807, 2.05) is 0 Å². The molecule has 1 aliphatic rings. The van der Waals surface area contributed by atoms with Crippen LogP contribution < -0.4 is 5.32 Å².